The van der Waals surface area contributed by atoms with Gasteiger partial charge in [-0.15, -0.1) is 0 Å². The van der Waals surface area contributed by atoms with Crippen LogP contribution >= 0.6 is 11.9 Å². The number of para-hydroxylation sites is 2. The summed E-state index contributed by atoms with van der Waals surface area (Å²) in [6, 6.07) is 31.8. The van der Waals surface area contributed by atoms with Crippen LogP contribution in [0.15, 0.2) is 108 Å². The monoisotopic (exact) mass is 482 g/mol. The topological polar surface area (TPSA) is 87.5 Å². The van der Waals surface area contributed by atoms with Crippen molar-refractivity contribution < 1.29 is 9.59 Å². The van der Waals surface area contributed by atoms with Crippen molar-refractivity contribution in [1.82, 2.24) is 0 Å². The van der Waals surface area contributed by atoms with E-state index in [0.29, 0.717) is 22.6 Å². The molecule has 0 atom stereocenters. The Balaban J connectivity index is 1.36. The maximum Gasteiger partial charge on any atom is 0.255 e. The van der Waals surface area contributed by atoms with Crippen molar-refractivity contribution >= 4 is 46.5 Å². The molecule has 4 rings (SSSR count). The molecule has 0 heterocycles. The number of nitrogens with zero attached hydrogens (tertiary/aromatic N) is 1. The number of nitrogen functional groups attached to an aromatic ring is 1. The highest BCUT2D eigenvalue weighted by Crippen LogP contribution is 2.23. The van der Waals surface area contributed by atoms with Gasteiger partial charge in [-0.2, -0.15) is 0 Å². The summed E-state index contributed by atoms with van der Waals surface area (Å²) in [7, 11) is 1.69. The van der Waals surface area contributed by atoms with Gasteiger partial charge in [0.25, 0.3) is 5.91 Å². The van der Waals surface area contributed by atoms with Crippen molar-refractivity contribution in [3.8, 4) is 0 Å². The van der Waals surface area contributed by atoms with E-state index in [1.165, 1.54) is 16.8 Å². The van der Waals surface area contributed by atoms with Crippen molar-refractivity contribution in [2.75, 3.05) is 27.7 Å². The lowest BCUT2D eigenvalue weighted by molar-refractivity contribution is -0.117. The normalized spacial score (nSPS) is 10.4. The number of carbonyl (C=O) groups excluding carboxylic acids is 2. The highest BCUT2D eigenvalue weighted by Gasteiger charge is 2.15. The summed E-state index contributed by atoms with van der Waals surface area (Å²) in [4.78, 5) is 28.2. The number of amides is 2. The fourth-order valence-electron chi connectivity index (χ4n) is 3.41. The number of anilines is 4. The van der Waals surface area contributed by atoms with E-state index in [-0.39, 0.29) is 18.2 Å². The standard InChI is InChI=1S/C28H26N4O2S/c1-32(27(33)19-20-8-5-6-13-26(20)29)24-12-7-9-21(18-24)28(34)30-22-14-16-25(17-15-22)35-31-23-10-3-2-4-11-23/h2-18,31H,19,29H2,1H3,(H,30,34). The van der Waals surface area contributed by atoms with Crippen molar-refractivity contribution in [3.05, 3.63) is 114 Å². The molecule has 176 valence electrons. The van der Waals surface area contributed by atoms with Gasteiger partial charge in [0.1, 0.15) is 0 Å². The van der Waals surface area contributed by atoms with Gasteiger partial charge in [-0.25, -0.2) is 0 Å². The molecule has 0 aromatic heterocycles. The number of nitrogens with two attached hydrogens (primary N) is 1. The van der Waals surface area contributed by atoms with E-state index in [9.17, 15) is 9.59 Å². The lowest BCUT2D eigenvalue weighted by atomic mass is 10.1. The van der Waals surface area contributed by atoms with Crippen molar-refractivity contribution in [2.24, 2.45) is 0 Å². The van der Waals surface area contributed by atoms with E-state index in [1.54, 1.807) is 37.4 Å². The van der Waals surface area contributed by atoms with E-state index in [4.69, 9.17) is 5.73 Å². The van der Waals surface area contributed by atoms with Gasteiger partial charge in [-0.05, 0) is 78.2 Å². The van der Waals surface area contributed by atoms with Gasteiger partial charge in [0.2, 0.25) is 5.91 Å². The maximum absolute atomic E-state index is 12.8. The van der Waals surface area contributed by atoms with Gasteiger partial charge >= 0.3 is 0 Å². The van der Waals surface area contributed by atoms with Gasteiger partial charge in [-0.3, -0.25) is 9.59 Å². The lowest BCUT2D eigenvalue weighted by Crippen LogP contribution is -2.28. The third-order valence-electron chi connectivity index (χ3n) is 5.44. The zero-order chi connectivity index (χ0) is 24.6. The fourth-order valence-corrected chi connectivity index (χ4v) is 4.05. The Kier molecular flexibility index (Phi) is 7.70. The molecule has 0 saturated heterocycles. The molecule has 2 amide bonds. The van der Waals surface area contributed by atoms with Crippen LogP contribution < -0.4 is 20.7 Å². The minimum absolute atomic E-state index is 0.113. The van der Waals surface area contributed by atoms with Crippen molar-refractivity contribution in [2.45, 2.75) is 11.3 Å². The number of benzene rings is 4. The number of hydrogen-bond donors (Lipinski definition) is 3. The first-order chi connectivity index (χ1) is 17.0. The van der Waals surface area contributed by atoms with Gasteiger partial charge in [0, 0.05) is 40.3 Å². The summed E-state index contributed by atoms with van der Waals surface area (Å²) in [5, 5.41) is 2.91. The molecular formula is C28H26N4O2S. The maximum atomic E-state index is 12.8. The third kappa shape index (κ3) is 6.43. The molecule has 7 heteroatoms. The molecule has 0 saturated carbocycles. The highest BCUT2D eigenvalue weighted by atomic mass is 32.2. The van der Waals surface area contributed by atoms with E-state index >= 15 is 0 Å². The zero-order valence-corrected chi connectivity index (χ0v) is 20.1. The average molecular weight is 483 g/mol. The molecule has 0 unspecified atom stereocenters. The molecule has 0 aliphatic carbocycles. The first-order valence-electron chi connectivity index (χ1n) is 11.1. The molecular weight excluding hydrogens is 456 g/mol. The Labute approximate surface area is 209 Å². The van der Waals surface area contributed by atoms with Crippen LogP contribution in [0.2, 0.25) is 0 Å². The van der Waals surface area contributed by atoms with Crippen LogP contribution in [0, 0.1) is 0 Å². The van der Waals surface area contributed by atoms with Crippen LogP contribution in [-0.4, -0.2) is 18.9 Å². The second-order valence-electron chi connectivity index (χ2n) is 7.93. The van der Waals surface area contributed by atoms with Gasteiger partial charge in [0.15, 0.2) is 0 Å². The van der Waals surface area contributed by atoms with Crippen molar-refractivity contribution in [1.29, 1.82) is 0 Å². The molecule has 0 bridgehead atoms. The summed E-state index contributed by atoms with van der Waals surface area (Å²) < 4.78 is 3.28. The molecule has 4 N–H and O–H groups in total. The fraction of sp³-hybridized carbons (Fsp3) is 0.0714. The van der Waals surface area contributed by atoms with E-state index < -0.39 is 0 Å². The summed E-state index contributed by atoms with van der Waals surface area (Å²) in [6.07, 6.45) is 0.184. The Morgan fingerprint density at radius 2 is 1.54 bits per heavy atom. The molecule has 0 spiro atoms. The summed E-state index contributed by atoms with van der Waals surface area (Å²) >= 11 is 1.50. The smallest absolute Gasteiger partial charge is 0.255 e. The SMILES string of the molecule is CN(C(=O)Cc1ccccc1N)c1cccc(C(=O)Nc2ccc(SNc3ccccc3)cc2)c1. The van der Waals surface area contributed by atoms with Crippen LogP contribution in [0.4, 0.5) is 22.7 Å². The van der Waals surface area contributed by atoms with Crippen LogP contribution in [0.3, 0.4) is 0 Å². The Hall–Kier alpha value is -4.23. The predicted molar refractivity (Wildman–Crippen MR) is 145 cm³/mol. The molecule has 0 radical (unpaired) electrons. The summed E-state index contributed by atoms with van der Waals surface area (Å²) in [5.41, 5.74) is 10.1. The zero-order valence-electron chi connectivity index (χ0n) is 19.3. The number of carbonyl (C=O) groups is 2. The minimum atomic E-state index is -0.247. The van der Waals surface area contributed by atoms with E-state index in [1.807, 2.05) is 72.8 Å². The van der Waals surface area contributed by atoms with Crippen LogP contribution in [-0.2, 0) is 11.2 Å². The molecule has 0 fully saturated rings. The number of nitrogens with one attached hydrogen (secondary N) is 2. The Bertz CT molecular complexity index is 1310. The Morgan fingerprint density at radius 3 is 2.29 bits per heavy atom. The largest absolute Gasteiger partial charge is 0.398 e. The quantitative estimate of drug-likeness (QED) is 0.217. The number of hydrogen-bond acceptors (Lipinski definition) is 5. The highest BCUT2D eigenvalue weighted by molar-refractivity contribution is 8.00. The minimum Gasteiger partial charge on any atom is -0.398 e. The van der Waals surface area contributed by atoms with E-state index in [0.717, 1.165) is 16.1 Å². The van der Waals surface area contributed by atoms with Crippen LogP contribution in [0.1, 0.15) is 15.9 Å². The lowest BCUT2D eigenvalue weighted by Gasteiger charge is -2.19. The first kappa shape index (κ1) is 23.9. The second kappa shape index (κ2) is 11.3. The van der Waals surface area contributed by atoms with E-state index in [2.05, 4.69) is 10.0 Å². The van der Waals surface area contributed by atoms with Gasteiger partial charge in [-0.1, -0.05) is 42.5 Å². The summed E-state index contributed by atoms with van der Waals surface area (Å²) in [6.45, 7) is 0. The molecule has 0 aliphatic rings. The van der Waals surface area contributed by atoms with Gasteiger partial charge in [0.05, 0.1) is 6.42 Å². The Morgan fingerprint density at radius 1 is 0.829 bits per heavy atom. The molecule has 0 aliphatic heterocycles. The molecule has 4 aromatic carbocycles. The van der Waals surface area contributed by atoms with Crippen LogP contribution in [0.5, 0.6) is 0 Å². The van der Waals surface area contributed by atoms with Gasteiger partial charge < -0.3 is 20.7 Å². The molecule has 6 nitrogen and oxygen atoms in total. The number of likely N-dealkylation sites (N-methyl/N-ethyl adjacent to an activating group) is 1. The third-order valence-corrected chi connectivity index (χ3v) is 6.28. The summed E-state index contributed by atoms with van der Waals surface area (Å²) in [5.74, 6) is -0.361. The predicted octanol–water partition coefficient (Wildman–Crippen LogP) is 5.85. The molecule has 4 aromatic rings. The second-order valence-corrected chi connectivity index (χ2v) is 8.81. The number of rotatable bonds is 8. The first-order valence-corrected chi connectivity index (χ1v) is 11.9. The van der Waals surface area contributed by atoms with Crippen LogP contribution in [0.25, 0.3) is 0 Å². The average Bonchev–Trinajstić information content (AvgIpc) is 2.90. The molecule has 35 heavy (non-hydrogen) atoms. The van der Waals surface area contributed by atoms with Crippen molar-refractivity contribution in [3.63, 3.8) is 0 Å².